The Labute approximate surface area is 125 Å². The molecule has 0 saturated heterocycles. The number of pyridine rings is 1. The SMILES string of the molecule is CC(C)[C@H](N)c1ccc2c(ccn2C(=O)OC(C)(C)C)n1. The summed E-state index contributed by atoms with van der Waals surface area (Å²) in [6.07, 6.45) is 1.27. The molecule has 0 aliphatic carbocycles. The van der Waals surface area contributed by atoms with E-state index in [-0.39, 0.29) is 6.04 Å². The molecule has 21 heavy (non-hydrogen) atoms. The molecule has 0 amide bonds. The standard InChI is InChI=1S/C16H23N3O2/c1-10(2)14(17)12-6-7-13-11(18-12)8-9-19(13)15(20)21-16(3,4)5/h6-10,14H,17H2,1-5H3/t14-/m0/s1. The van der Waals surface area contributed by atoms with Gasteiger partial charge < -0.3 is 10.5 Å². The van der Waals surface area contributed by atoms with Crippen LogP contribution in [-0.2, 0) is 4.74 Å². The Morgan fingerprint density at radius 1 is 1.29 bits per heavy atom. The van der Waals surface area contributed by atoms with Crippen molar-refractivity contribution < 1.29 is 9.53 Å². The molecule has 0 aliphatic rings. The van der Waals surface area contributed by atoms with Gasteiger partial charge in [-0.25, -0.2) is 9.78 Å². The van der Waals surface area contributed by atoms with E-state index in [1.54, 1.807) is 12.3 Å². The Kier molecular flexibility index (Phi) is 4.05. The highest BCUT2D eigenvalue weighted by Gasteiger charge is 2.20. The van der Waals surface area contributed by atoms with Crippen molar-refractivity contribution >= 4 is 17.1 Å². The van der Waals surface area contributed by atoms with Crippen molar-refractivity contribution in [3.63, 3.8) is 0 Å². The van der Waals surface area contributed by atoms with Gasteiger partial charge in [0.1, 0.15) is 5.60 Å². The van der Waals surface area contributed by atoms with Crippen LogP contribution in [-0.4, -0.2) is 21.2 Å². The van der Waals surface area contributed by atoms with Crippen LogP contribution in [0.2, 0.25) is 0 Å². The number of aromatic nitrogens is 2. The fourth-order valence-electron chi connectivity index (χ4n) is 2.03. The van der Waals surface area contributed by atoms with Gasteiger partial charge in [0.05, 0.1) is 16.7 Å². The van der Waals surface area contributed by atoms with Gasteiger partial charge in [0, 0.05) is 12.2 Å². The average Bonchev–Trinajstić information content (AvgIpc) is 2.78. The highest BCUT2D eigenvalue weighted by atomic mass is 16.6. The van der Waals surface area contributed by atoms with Crippen molar-refractivity contribution in [3.05, 3.63) is 30.1 Å². The Balaban J connectivity index is 2.35. The summed E-state index contributed by atoms with van der Waals surface area (Å²) in [5, 5.41) is 0. The van der Waals surface area contributed by atoms with Gasteiger partial charge in [0.15, 0.2) is 0 Å². The normalized spacial score (nSPS) is 13.7. The number of carbonyl (C=O) groups is 1. The highest BCUT2D eigenvalue weighted by molar-refractivity contribution is 5.87. The number of hydrogen-bond acceptors (Lipinski definition) is 4. The van der Waals surface area contributed by atoms with Crippen molar-refractivity contribution in [2.24, 2.45) is 11.7 Å². The van der Waals surface area contributed by atoms with Crippen LogP contribution in [0.1, 0.15) is 46.4 Å². The molecule has 0 fully saturated rings. The van der Waals surface area contributed by atoms with Gasteiger partial charge >= 0.3 is 6.09 Å². The number of carbonyl (C=O) groups excluding carboxylic acids is 1. The van der Waals surface area contributed by atoms with Crippen LogP contribution in [0.5, 0.6) is 0 Å². The molecule has 0 aliphatic heterocycles. The van der Waals surface area contributed by atoms with Crippen LogP contribution in [0.25, 0.3) is 11.0 Å². The number of fused-ring (bicyclic) bond motifs is 1. The van der Waals surface area contributed by atoms with Gasteiger partial charge in [-0.3, -0.25) is 4.57 Å². The van der Waals surface area contributed by atoms with E-state index in [4.69, 9.17) is 10.5 Å². The maximum Gasteiger partial charge on any atom is 0.419 e. The van der Waals surface area contributed by atoms with Crippen LogP contribution >= 0.6 is 0 Å². The zero-order valence-corrected chi connectivity index (χ0v) is 13.3. The lowest BCUT2D eigenvalue weighted by atomic mass is 10.0. The minimum atomic E-state index is -0.527. The summed E-state index contributed by atoms with van der Waals surface area (Å²) in [4.78, 5) is 16.7. The quantitative estimate of drug-likeness (QED) is 0.919. The van der Waals surface area contributed by atoms with Gasteiger partial charge in [-0.2, -0.15) is 0 Å². The molecule has 0 bridgehead atoms. The number of hydrogen-bond donors (Lipinski definition) is 1. The van der Waals surface area contributed by atoms with E-state index in [0.717, 1.165) is 16.7 Å². The van der Waals surface area contributed by atoms with Gasteiger partial charge in [-0.15, -0.1) is 0 Å². The second-order valence-corrected chi connectivity index (χ2v) is 6.58. The molecule has 114 valence electrons. The van der Waals surface area contributed by atoms with Crippen molar-refractivity contribution in [1.82, 2.24) is 9.55 Å². The zero-order chi connectivity index (χ0) is 15.8. The lowest BCUT2D eigenvalue weighted by Crippen LogP contribution is -2.26. The molecular formula is C16H23N3O2. The topological polar surface area (TPSA) is 70.1 Å². The third kappa shape index (κ3) is 3.42. The first kappa shape index (κ1) is 15.5. The van der Waals surface area contributed by atoms with E-state index in [1.807, 2.05) is 32.9 Å². The second kappa shape index (κ2) is 5.48. The minimum absolute atomic E-state index is 0.112. The van der Waals surface area contributed by atoms with E-state index in [2.05, 4.69) is 18.8 Å². The smallest absolute Gasteiger partial charge is 0.419 e. The number of rotatable bonds is 2. The minimum Gasteiger partial charge on any atom is -0.443 e. The summed E-state index contributed by atoms with van der Waals surface area (Å²) in [5.41, 5.74) is 7.89. The lowest BCUT2D eigenvalue weighted by Gasteiger charge is -2.20. The molecule has 0 radical (unpaired) electrons. The predicted molar refractivity (Wildman–Crippen MR) is 83.1 cm³/mol. The summed E-state index contributed by atoms with van der Waals surface area (Å²) in [6.45, 7) is 9.64. The van der Waals surface area contributed by atoms with Gasteiger partial charge in [0.2, 0.25) is 0 Å². The maximum absolute atomic E-state index is 12.2. The van der Waals surface area contributed by atoms with E-state index >= 15 is 0 Å². The van der Waals surface area contributed by atoms with Crippen LogP contribution in [0, 0.1) is 5.92 Å². The summed E-state index contributed by atoms with van der Waals surface area (Å²) >= 11 is 0. The first-order valence-corrected chi connectivity index (χ1v) is 7.16. The third-order valence-corrected chi connectivity index (χ3v) is 3.21. The fourth-order valence-corrected chi connectivity index (χ4v) is 2.03. The van der Waals surface area contributed by atoms with Crippen LogP contribution < -0.4 is 5.73 Å². The Morgan fingerprint density at radius 2 is 1.95 bits per heavy atom. The molecule has 5 nitrogen and oxygen atoms in total. The first-order chi connectivity index (χ1) is 9.69. The van der Waals surface area contributed by atoms with Crippen molar-refractivity contribution in [2.75, 3.05) is 0 Å². The number of ether oxygens (including phenoxy) is 1. The average molecular weight is 289 g/mol. The summed E-state index contributed by atoms with van der Waals surface area (Å²) in [6, 6.07) is 5.42. The summed E-state index contributed by atoms with van der Waals surface area (Å²) in [7, 11) is 0. The fraction of sp³-hybridized carbons (Fsp3) is 0.500. The molecule has 1 atom stereocenters. The van der Waals surface area contributed by atoms with Crippen LogP contribution in [0.15, 0.2) is 24.4 Å². The van der Waals surface area contributed by atoms with E-state index in [9.17, 15) is 4.79 Å². The molecule has 0 spiro atoms. The van der Waals surface area contributed by atoms with Crippen LogP contribution in [0.4, 0.5) is 4.79 Å². The largest absolute Gasteiger partial charge is 0.443 e. The van der Waals surface area contributed by atoms with E-state index in [0.29, 0.717) is 5.92 Å². The van der Waals surface area contributed by atoms with Crippen molar-refractivity contribution in [2.45, 2.75) is 46.3 Å². The van der Waals surface area contributed by atoms with Crippen LogP contribution in [0.3, 0.4) is 0 Å². The molecular weight excluding hydrogens is 266 g/mol. The lowest BCUT2D eigenvalue weighted by molar-refractivity contribution is 0.0544. The predicted octanol–water partition coefficient (Wildman–Crippen LogP) is 3.48. The molecule has 2 N–H and O–H groups in total. The molecule has 2 aromatic rings. The number of nitrogens with two attached hydrogens (primary N) is 1. The van der Waals surface area contributed by atoms with Gasteiger partial charge in [-0.05, 0) is 44.9 Å². The molecule has 2 rings (SSSR count). The maximum atomic E-state index is 12.2. The molecule has 2 heterocycles. The second-order valence-electron chi connectivity index (χ2n) is 6.58. The molecule has 0 saturated carbocycles. The first-order valence-electron chi connectivity index (χ1n) is 7.16. The number of nitrogens with zero attached hydrogens (tertiary/aromatic N) is 2. The Bertz CT molecular complexity index is 653. The van der Waals surface area contributed by atoms with Gasteiger partial charge in [-0.1, -0.05) is 13.8 Å². The summed E-state index contributed by atoms with van der Waals surface area (Å²) < 4.78 is 6.85. The zero-order valence-electron chi connectivity index (χ0n) is 13.3. The molecule has 0 aromatic carbocycles. The highest BCUT2D eigenvalue weighted by Crippen LogP contribution is 2.22. The third-order valence-electron chi connectivity index (χ3n) is 3.21. The van der Waals surface area contributed by atoms with E-state index < -0.39 is 11.7 Å². The van der Waals surface area contributed by atoms with E-state index in [1.165, 1.54) is 4.57 Å². The molecule has 0 unspecified atom stereocenters. The monoisotopic (exact) mass is 289 g/mol. The van der Waals surface area contributed by atoms with Gasteiger partial charge in [0.25, 0.3) is 0 Å². The summed E-state index contributed by atoms with van der Waals surface area (Å²) in [5.74, 6) is 0.308. The molecule has 2 aromatic heterocycles. The van der Waals surface area contributed by atoms with Crippen molar-refractivity contribution in [1.29, 1.82) is 0 Å². The Hall–Kier alpha value is -1.88. The van der Waals surface area contributed by atoms with Crippen molar-refractivity contribution in [3.8, 4) is 0 Å². The Morgan fingerprint density at radius 3 is 2.52 bits per heavy atom. The molecule has 5 heteroatoms.